The fourth-order valence-corrected chi connectivity index (χ4v) is 3.55. The van der Waals surface area contributed by atoms with Crippen LogP contribution < -0.4 is 15.4 Å². The highest BCUT2D eigenvalue weighted by molar-refractivity contribution is 6.47. The molecule has 0 spiro atoms. The second-order valence-corrected chi connectivity index (χ2v) is 8.66. The summed E-state index contributed by atoms with van der Waals surface area (Å²) in [4.78, 5) is 37.0. The van der Waals surface area contributed by atoms with Crippen molar-refractivity contribution in [3.8, 4) is 11.5 Å². The Balaban J connectivity index is 1.40. The molecule has 11 heteroatoms. The van der Waals surface area contributed by atoms with Gasteiger partial charge in [0.15, 0.2) is 0 Å². The van der Waals surface area contributed by atoms with Gasteiger partial charge in [0.2, 0.25) is 0 Å². The standard InChI is InChI=1S/C27H24F3N5O3/c1-16-6-8-21(32-13-16)26(37)35-24-12-19(10-11-31-24)38-22-5-3-4-20(17(22)2)25(36)34-15-18-7-9-23(33-14-18)27(28,29)30/h3-12,14,16H,13,15H2,1-2H3,(H,34,36)(H,31,35,37). The number of nitrogens with zero attached hydrogens (tertiary/aromatic N) is 3. The second kappa shape index (κ2) is 11.2. The van der Waals surface area contributed by atoms with Gasteiger partial charge in [0, 0.05) is 42.7 Å². The summed E-state index contributed by atoms with van der Waals surface area (Å²) >= 11 is 0. The quantitative estimate of drug-likeness (QED) is 0.448. The van der Waals surface area contributed by atoms with E-state index < -0.39 is 17.8 Å². The first-order chi connectivity index (χ1) is 18.1. The van der Waals surface area contributed by atoms with Crippen LogP contribution in [0.3, 0.4) is 0 Å². The Bertz CT molecular complexity index is 1400. The molecule has 3 heterocycles. The van der Waals surface area contributed by atoms with Crippen molar-refractivity contribution in [2.45, 2.75) is 26.6 Å². The number of dihydropyridines is 1. The molecular weight excluding hydrogens is 499 g/mol. The predicted molar refractivity (Wildman–Crippen MR) is 135 cm³/mol. The molecule has 1 aromatic carbocycles. The molecule has 0 saturated heterocycles. The van der Waals surface area contributed by atoms with Crippen LogP contribution in [0.4, 0.5) is 19.0 Å². The van der Waals surface area contributed by atoms with Gasteiger partial charge in [0.25, 0.3) is 11.8 Å². The highest BCUT2D eigenvalue weighted by Gasteiger charge is 2.32. The van der Waals surface area contributed by atoms with E-state index in [4.69, 9.17) is 4.74 Å². The lowest BCUT2D eigenvalue weighted by atomic mass is 10.1. The maximum Gasteiger partial charge on any atom is 0.433 e. The van der Waals surface area contributed by atoms with E-state index in [1.807, 2.05) is 13.0 Å². The molecule has 0 aliphatic carbocycles. The largest absolute Gasteiger partial charge is 0.457 e. The summed E-state index contributed by atoms with van der Waals surface area (Å²) in [5, 5.41) is 5.38. The molecule has 1 unspecified atom stereocenters. The Labute approximate surface area is 216 Å². The van der Waals surface area contributed by atoms with Crippen LogP contribution in [0.25, 0.3) is 0 Å². The van der Waals surface area contributed by atoms with Crippen molar-refractivity contribution in [1.29, 1.82) is 0 Å². The summed E-state index contributed by atoms with van der Waals surface area (Å²) in [6.07, 6.45) is 1.63. The van der Waals surface area contributed by atoms with E-state index in [9.17, 15) is 22.8 Å². The van der Waals surface area contributed by atoms with Crippen molar-refractivity contribution in [3.63, 3.8) is 0 Å². The fourth-order valence-electron chi connectivity index (χ4n) is 3.55. The molecule has 0 bridgehead atoms. The van der Waals surface area contributed by atoms with Crippen LogP contribution in [0.1, 0.15) is 34.1 Å². The number of carbonyl (C=O) groups excluding carboxylic acids is 2. The first-order valence-electron chi connectivity index (χ1n) is 11.7. The number of nitrogens with one attached hydrogen (secondary N) is 2. The van der Waals surface area contributed by atoms with Crippen LogP contribution in [-0.4, -0.2) is 34.0 Å². The summed E-state index contributed by atoms with van der Waals surface area (Å²) in [5.41, 5.74) is 0.626. The Kier molecular flexibility index (Phi) is 7.85. The number of alkyl halides is 3. The van der Waals surface area contributed by atoms with E-state index in [0.29, 0.717) is 40.4 Å². The van der Waals surface area contributed by atoms with Gasteiger partial charge in [0.05, 0.1) is 0 Å². The number of pyridine rings is 2. The Hall–Kier alpha value is -4.54. The molecule has 1 atom stereocenters. The summed E-state index contributed by atoms with van der Waals surface area (Å²) in [5.74, 6) is 0.553. The molecular formula is C27H24F3N5O3. The predicted octanol–water partition coefficient (Wildman–Crippen LogP) is 5.11. The van der Waals surface area contributed by atoms with Gasteiger partial charge >= 0.3 is 6.18 Å². The van der Waals surface area contributed by atoms with Gasteiger partial charge in [-0.3, -0.25) is 19.6 Å². The molecule has 1 aliphatic heterocycles. The number of ether oxygens (including phenoxy) is 1. The third-order valence-corrected chi connectivity index (χ3v) is 5.66. The summed E-state index contributed by atoms with van der Waals surface area (Å²) < 4.78 is 44.0. The van der Waals surface area contributed by atoms with E-state index in [1.54, 1.807) is 43.3 Å². The van der Waals surface area contributed by atoms with Gasteiger partial charge in [-0.2, -0.15) is 13.2 Å². The number of carbonyl (C=O) groups is 2. The third kappa shape index (κ3) is 6.61. The average molecular weight is 524 g/mol. The smallest absolute Gasteiger partial charge is 0.433 e. The van der Waals surface area contributed by atoms with Crippen LogP contribution in [-0.2, 0) is 17.5 Å². The number of rotatable bonds is 7. The lowest BCUT2D eigenvalue weighted by Gasteiger charge is -2.14. The van der Waals surface area contributed by atoms with Crippen LogP contribution in [0, 0.1) is 12.8 Å². The van der Waals surface area contributed by atoms with E-state index in [0.717, 1.165) is 12.3 Å². The highest BCUT2D eigenvalue weighted by atomic mass is 19.4. The first-order valence-corrected chi connectivity index (χ1v) is 11.7. The summed E-state index contributed by atoms with van der Waals surface area (Å²) in [7, 11) is 0. The monoisotopic (exact) mass is 523 g/mol. The van der Waals surface area contributed by atoms with Crippen LogP contribution >= 0.6 is 0 Å². The number of halogens is 3. The van der Waals surface area contributed by atoms with Crippen molar-refractivity contribution < 1.29 is 27.5 Å². The SMILES string of the molecule is Cc1c(Oc2ccnc(NC(=O)C3=NCC(C)C=C3)c2)cccc1C(=O)NCc1ccc(C(F)(F)F)nc1. The minimum atomic E-state index is -4.53. The Morgan fingerprint density at radius 2 is 1.92 bits per heavy atom. The van der Waals surface area contributed by atoms with E-state index in [2.05, 4.69) is 25.6 Å². The van der Waals surface area contributed by atoms with E-state index in [-0.39, 0.29) is 24.2 Å². The molecule has 38 heavy (non-hydrogen) atoms. The average Bonchev–Trinajstić information content (AvgIpc) is 2.89. The van der Waals surface area contributed by atoms with Crippen molar-refractivity contribution in [2.75, 3.05) is 11.9 Å². The van der Waals surface area contributed by atoms with Crippen LogP contribution in [0.2, 0.25) is 0 Å². The maximum atomic E-state index is 12.8. The summed E-state index contributed by atoms with van der Waals surface area (Å²) in [6, 6.07) is 10.2. The van der Waals surface area contributed by atoms with Crippen molar-refractivity contribution >= 4 is 23.3 Å². The van der Waals surface area contributed by atoms with E-state index >= 15 is 0 Å². The molecule has 0 saturated carbocycles. The van der Waals surface area contributed by atoms with Gasteiger partial charge in [-0.15, -0.1) is 0 Å². The summed E-state index contributed by atoms with van der Waals surface area (Å²) in [6.45, 7) is 4.26. The molecule has 4 rings (SSSR count). The molecule has 0 radical (unpaired) electrons. The van der Waals surface area contributed by atoms with Gasteiger partial charge < -0.3 is 15.4 Å². The number of benzene rings is 1. The van der Waals surface area contributed by atoms with E-state index in [1.165, 1.54) is 12.3 Å². The number of aromatic nitrogens is 2. The van der Waals surface area contributed by atoms with Crippen LogP contribution in [0.5, 0.6) is 11.5 Å². The Morgan fingerprint density at radius 3 is 2.61 bits per heavy atom. The zero-order valence-electron chi connectivity index (χ0n) is 20.5. The fraction of sp³-hybridized carbons (Fsp3) is 0.222. The lowest BCUT2D eigenvalue weighted by Crippen LogP contribution is -2.24. The normalized spacial score (nSPS) is 15.0. The number of hydrogen-bond acceptors (Lipinski definition) is 6. The minimum Gasteiger partial charge on any atom is -0.457 e. The van der Waals surface area contributed by atoms with Crippen LogP contribution in [0.15, 0.2) is 72.0 Å². The number of aliphatic imine (C=N–C) groups is 1. The first kappa shape index (κ1) is 26.5. The second-order valence-electron chi connectivity index (χ2n) is 8.66. The molecule has 1 aliphatic rings. The molecule has 196 valence electrons. The minimum absolute atomic E-state index is 0.00129. The molecule has 8 nitrogen and oxygen atoms in total. The van der Waals surface area contributed by atoms with Crippen molar-refractivity contribution in [2.24, 2.45) is 10.9 Å². The zero-order chi connectivity index (χ0) is 27.3. The van der Waals surface area contributed by atoms with Gasteiger partial charge in [-0.1, -0.05) is 25.1 Å². The number of anilines is 1. The zero-order valence-corrected chi connectivity index (χ0v) is 20.5. The third-order valence-electron chi connectivity index (χ3n) is 5.66. The molecule has 2 aromatic heterocycles. The maximum absolute atomic E-state index is 12.8. The molecule has 2 amide bonds. The molecule has 2 N–H and O–H groups in total. The molecule has 3 aromatic rings. The van der Waals surface area contributed by atoms with Crippen molar-refractivity contribution in [1.82, 2.24) is 15.3 Å². The van der Waals surface area contributed by atoms with Gasteiger partial charge in [0.1, 0.15) is 28.7 Å². The number of amides is 2. The highest BCUT2D eigenvalue weighted by Crippen LogP contribution is 2.29. The Morgan fingerprint density at radius 1 is 1.11 bits per heavy atom. The number of hydrogen-bond donors (Lipinski definition) is 2. The van der Waals surface area contributed by atoms with Gasteiger partial charge in [-0.05, 0) is 48.7 Å². The lowest BCUT2D eigenvalue weighted by molar-refractivity contribution is -0.141. The molecule has 0 fully saturated rings. The topological polar surface area (TPSA) is 106 Å². The van der Waals surface area contributed by atoms with Crippen molar-refractivity contribution in [3.05, 3.63) is 89.4 Å². The van der Waals surface area contributed by atoms with Gasteiger partial charge in [-0.25, -0.2) is 4.98 Å².